The molecule has 0 saturated carbocycles. The Morgan fingerprint density at radius 3 is 2.95 bits per heavy atom. The number of alkyl halides is 1. The number of pyridine rings is 1. The summed E-state index contributed by atoms with van der Waals surface area (Å²) in [6.07, 6.45) is 5.62. The number of rotatable bonds is 9. The van der Waals surface area contributed by atoms with Crippen LogP contribution in [0.25, 0.3) is 5.52 Å². The first-order valence-corrected chi connectivity index (χ1v) is 12.9. The number of nitrogens with two attached hydrogens (primary N) is 1. The summed E-state index contributed by atoms with van der Waals surface area (Å²) in [5.41, 5.74) is 6.93. The minimum Gasteiger partial charge on any atom is -0.477 e. The molecular weight excluding hydrogens is 525 g/mol. The summed E-state index contributed by atoms with van der Waals surface area (Å²) >= 11 is 2.42. The van der Waals surface area contributed by atoms with Crippen molar-refractivity contribution in [3.05, 3.63) is 59.3 Å². The molecule has 37 heavy (non-hydrogen) atoms. The number of nitrogens with zero attached hydrogens (tertiary/aromatic N) is 5. The third-order valence-corrected chi connectivity index (χ3v) is 7.72. The molecular formula is C22H21FN7O5S2+. The van der Waals surface area contributed by atoms with Gasteiger partial charge in [0.1, 0.15) is 48.8 Å². The van der Waals surface area contributed by atoms with Crippen LogP contribution in [0.15, 0.2) is 58.7 Å². The van der Waals surface area contributed by atoms with Gasteiger partial charge in [0.25, 0.3) is 11.8 Å². The maximum Gasteiger partial charge on any atom is 0.352 e. The average molecular weight is 547 g/mol. The first-order valence-electron chi connectivity index (χ1n) is 11.0. The second-order valence-electron chi connectivity index (χ2n) is 8.10. The van der Waals surface area contributed by atoms with E-state index in [-0.39, 0.29) is 35.4 Å². The number of aromatic nitrogens is 3. The number of carboxylic acids is 1. The zero-order valence-electron chi connectivity index (χ0n) is 19.1. The zero-order chi connectivity index (χ0) is 26.1. The average Bonchev–Trinajstić information content (AvgIpc) is 3.50. The summed E-state index contributed by atoms with van der Waals surface area (Å²) in [6, 6.07) is 4.74. The van der Waals surface area contributed by atoms with Crippen molar-refractivity contribution in [1.82, 2.24) is 19.6 Å². The van der Waals surface area contributed by atoms with Crippen LogP contribution in [-0.2, 0) is 25.8 Å². The molecule has 15 heteroatoms. The third-order valence-electron chi connectivity index (χ3n) is 5.71. The first kappa shape index (κ1) is 24.7. The number of imidazole rings is 1. The number of halogens is 1. The van der Waals surface area contributed by atoms with E-state index in [2.05, 4.69) is 15.5 Å². The summed E-state index contributed by atoms with van der Waals surface area (Å²) in [7, 11) is 0. The van der Waals surface area contributed by atoms with Crippen molar-refractivity contribution in [2.45, 2.75) is 18.0 Å². The summed E-state index contributed by atoms with van der Waals surface area (Å²) < 4.78 is 16.2. The molecule has 0 radical (unpaired) electrons. The van der Waals surface area contributed by atoms with Crippen LogP contribution in [0.2, 0.25) is 0 Å². The van der Waals surface area contributed by atoms with E-state index < -0.39 is 35.9 Å². The topological polar surface area (TPSA) is 155 Å². The van der Waals surface area contributed by atoms with Gasteiger partial charge < -0.3 is 21.0 Å². The Hall–Kier alpha value is -3.98. The first-order chi connectivity index (χ1) is 17.9. The lowest BCUT2D eigenvalue weighted by molar-refractivity contribution is -0.687. The number of anilines is 1. The Morgan fingerprint density at radius 2 is 2.24 bits per heavy atom. The standard InChI is InChI=1S/C22H20FN7O5S2/c23-4-6-35-27-15(14-10-37-22(24)25-14)18(31)26-16-19(32)30-17(21(33)34)12(9-36-20(16)30)7-28-8-13-3-1-2-5-29(13)11-28/h1-3,5,8,10-11,16,20H,4,6-7,9H2,(H3-,24,25,26,31,33,34)/p+1/t16-,20+/m1/s1. The molecule has 0 spiro atoms. The molecule has 0 unspecified atom stereocenters. The van der Waals surface area contributed by atoms with Crippen LogP contribution in [0.3, 0.4) is 0 Å². The molecule has 12 nitrogen and oxygen atoms in total. The SMILES string of the molecule is Nc1nc(C(=NOCCF)C(=O)N[C@@H]2C(=O)N3C(C(=O)O)=C(C[n+]4cc5ccccn5c4)CS[C@@H]23)cs1. The molecule has 4 N–H and O–H groups in total. The third kappa shape index (κ3) is 4.74. The van der Waals surface area contributed by atoms with Gasteiger partial charge in [0, 0.05) is 16.7 Å². The number of thiazole rings is 1. The molecule has 1 fully saturated rings. The van der Waals surface area contributed by atoms with Crippen LogP contribution in [-0.4, -0.2) is 73.3 Å². The van der Waals surface area contributed by atoms with Gasteiger partial charge in [-0.1, -0.05) is 11.2 Å². The lowest BCUT2D eigenvalue weighted by Crippen LogP contribution is -2.71. The van der Waals surface area contributed by atoms with E-state index in [1.165, 1.54) is 22.0 Å². The van der Waals surface area contributed by atoms with E-state index in [1.54, 1.807) is 0 Å². The number of β-lactam (4-membered cyclic amide) rings is 1. The number of fused-ring (bicyclic) bond motifs is 2. The van der Waals surface area contributed by atoms with Crippen LogP contribution >= 0.6 is 23.1 Å². The monoisotopic (exact) mass is 546 g/mol. The van der Waals surface area contributed by atoms with Gasteiger partial charge in [0.2, 0.25) is 6.33 Å². The van der Waals surface area contributed by atoms with Crippen LogP contribution < -0.4 is 15.6 Å². The number of hydrogen-bond acceptors (Lipinski definition) is 9. The molecule has 0 bridgehead atoms. The van der Waals surface area contributed by atoms with Crippen LogP contribution in [0.4, 0.5) is 9.52 Å². The molecule has 192 valence electrons. The highest BCUT2D eigenvalue weighted by Crippen LogP contribution is 2.40. The summed E-state index contributed by atoms with van der Waals surface area (Å²) in [5, 5.41) is 17.3. The Kier molecular flexibility index (Phi) is 6.80. The Balaban J connectivity index is 1.34. The molecule has 1 saturated heterocycles. The van der Waals surface area contributed by atoms with Gasteiger partial charge in [-0.25, -0.2) is 23.1 Å². The zero-order valence-corrected chi connectivity index (χ0v) is 20.7. The Morgan fingerprint density at radius 1 is 1.41 bits per heavy atom. The summed E-state index contributed by atoms with van der Waals surface area (Å²) in [4.78, 5) is 48.2. The van der Waals surface area contributed by atoms with Gasteiger partial charge in [-0.3, -0.25) is 14.5 Å². The molecule has 0 aliphatic carbocycles. The Bertz CT molecular complexity index is 1420. The summed E-state index contributed by atoms with van der Waals surface area (Å²) in [5.74, 6) is -2.20. The van der Waals surface area contributed by atoms with Crippen LogP contribution in [0.1, 0.15) is 5.69 Å². The van der Waals surface area contributed by atoms with Crippen molar-refractivity contribution in [1.29, 1.82) is 0 Å². The van der Waals surface area contributed by atoms with E-state index in [0.29, 0.717) is 11.3 Å². The van der Waals surface area contributed by atoms with Gasteiger partial charge >= 0.3 is 5.97 Å². The van der Waals surface area contributed by atoms with E-state index in [0.717, 1.165) is 16.9 Å². The number of nitrogen functional groups attached to an aromatic ring is 1. The molecule has 5 heterocycles. The van der Waals surface area contributed by atoms with Crippen molar-refractivity contribution in [3.8, 4) is 0 Å². The molecule has 0 aromatic carbocycles. The van der Waals surface area contributed by atoms with E-state index in [4.69, 9.17) is 10.6 Å². The number of carbonyl (C=O) groups excluding carboxylic acids is 2. The van der Waals surface area contributed by atoms with E-state index in [9.17, 15) is 23.9 Å². The van der Waals surface area contributed by atoms with Crippen LogP contribution in [0.5, 0.6) is 0 Å². The number of aliphatic carboxylic acids is 1. The van der Waals surface area contributed by atoms with Gasteiger partial charge in [-0.05, 0) is 12.1 Å². The van der Waals surface area contributed by atoms with E-state index in [1.807, 2.05) is 45.9 Å². The van der Waals surface area contributed by atoms with Crippen molar-refractivity contribution in [3.63, 3.8) is 0 Å². The fraction of sp³-hybridized carbons (Fsp3) is 0.273. The lowest BCUT2D eigenvalue weighted by atomic mass is 10.0. The molecule has 2 atom stereocenters. The quantitative estimate of drug-likeness (QED) is 0.114. The fourth-order valence-electron chi connectivity index (χ4n) is 4.11. The summed E-state index contributed by atoms with van der Waals surface area (Å²) in [6.45, 7) is -0.884. The van der Waals surface area contributed by atoms with Gasteiger partial charge in [0.15, 0.2) is 16.4 Å². The molecule has 2 aliphatic rings. The van der Waals surface area contributed by atoms with Crippen molar-refractivity contribution >= 4 is 57.2 Å². The molecule has 5 rings (SSSR count). The number of carboxylic acid groups (broad SMARTS) is 1. The normalized spacial score (nSPS) is 19.5. The smallest absolute Gasteiger partial charge is 0.352 e. The predicted molar refractivity (Wildman–Crippen MR) is 132 cm³/mol. The van der Waals surface area contributed by atoms with Crippen molar-refractivity contribution in [2.24, 2.45) is 5.16 Å². The minimum absolute atomic E-state index is 0.0885. The highest BCUT2D eigenvalue weighted by atomic mass is 32.2. The number of oxime groups is 1. The maximum atomic E-state index is 13.0. The van der Waals surface area contributed by atoms with Gasteiger partial charge in [-0.15, -0.1) is 23.1 Å². The van der Waals surface area contributed by atoms with E-state index >= 15 is 0 Å². The minimum atomic E-state index is -1.22. The lowest BCUT2D eigenvalue weighted by Gasteiger charge is -2.49. The number of thioether (sulfide) groups is 1. The second-order valence-corrected chi connectivity index (χ2v) is 10.1. The molecule has 3 aromatic rings. The number of carbonyl (C=O) groups is 3. The van der Waals surface area contributed by atoms with Gasteiger partial charge in [0.05, 0.1) is 6.20 Å². The number of nitrogens with one attached hydrogen (secondary N) is 1. The van der Waals surface area contributed by atoms with Crippen molar-refractivity contribution in [2.75, 3.05) is 24.8 Å². The highest BCUT2D eigenvalue weighted by molar-refractivity contribution is 8.00. The van der Waals surface area contributed by atoms with Crippen LogP contribution in [0, 0.1) is 0 Å². The van der Waals surface area contributed by atoms with Gasteiger partial charge in [-0.2, -0.15) is 0 Å². The second kappa shape index (κ2) is 10.2. The largest absolute Gasteiger partial charge is 0.477 e. The molecule has 3 aromatic heterocycles. The highest BCUT2D eigenvalue weighted by Gasteiger charge is 2.54. The number of hydrogen-bond donors (Lipinski definition) is 3. The fourth-order valence-corrected chi connectivity index (χ4v) is 6.00. The number of amides is 2. The predicted octanol–water partition coefficient (Wildman–Crippen LogP) is 0.395. The maximum absolute atomic E-state index is 13.0. The Labute approximate surface area is 217 Å². The molecule has 2 aliphatic heterocycles. The van der Waals surface area contributed by atoms with Crippen molar-refractivity contribution < 1.29 is 33.3 Å². The molecule has 2 amide bonds.